The topological polar surface area (TPSA) is 29.3 Å². The van der Waals surface area contributed by atoms with Crippen LogP contribution in [0.5, 0.6) is 0 Å². The fraction of sp³-hybridized carbons (Fsp3) is 0.846. The maximum Gasteiger partial charge on any atom is 0.311 e. The zero-order valence-electron chi connectivity index (χ0n) is 19.2. The highest BCUT2D eigenvalue weighted by Crippen LogP contribution is 2.72. The van der Waals surface area contributed by atoms with E-state index in [-0.39, 0.29) is 17.5 Å². The van der Waals surface area contributed by atoms with Crippen molar-refractivity contribution in [3.05, 3.63) is 12.2 Å². The second-order valence-electron chi connectivity index (χ2n) is 12.6. The number of rotatable bonds is 1. The number of carbonyl (C=O) groups is 1. The molecule has 0 aromatic carbocycles. The van der Waals surface area contributed by atoms with Gasteiger partial charge in [0.05, 0.1) is 10.8 Å². The molecule has 4 bridgehead atoms. The highest BCUT2D eigenvalue weighted by Gasteiger charge is 2.71. The van der Waals surface area contributed by atoms with Gasteiger partial charge in [-0.2, -0.15) is 0 Å². The molecule has 7 atom stereocenters. The summed E-state index contributed by atoms with van der Waals surface area (Å²) in [4.78, 5) is 12.9. The van der Waals surface area contributed by atoms with Crippen molar-refractivity contribution < 1.29 is 14.1 Å². The lowest BCUT2D eigenvalue weighted by atomic mass is 9.35. The van der Waals surface area contributed by atoms with Gasteiger partial charge in [-0.3, -0.25) is 4.79 Å². The maximum absolute atomic E-state index is 12.9. The molecule has 0 amide bonds. The zero-order valence-corrected chi connectivity index (χ0v) is 19.2. The van der Waals surface area contributed by atoms with Gasteiger partial charge in [-0.1, -0.05) is 19.9 Å². The summed E-state index contributed by atoms with van der Waals surface area (Å²) in [6, 6.07) is 0. The van der Waals surface area contributed by atoms with Crippen molar-refractivity contribution in [3.63, 3.8) is 0 Å². The summed E-state index contributed by atoms with van der Waals surface area (Å²) in [5.74, 6) is 1.91. The fourth-order valence-corrected chi connectivity index (χ4v) is 8.85. The molecule has 5 fully saturated rings. The maximum atomic E-state index is 12.9. The van der Waals surface area contributed by atoms with Crippen molar-refractivity contribution in [1.82, 2.24) is 0 Å². The van der Waals surface area contributed by atoms with Crippen LogP contribution < -0.4 is 0 Å². The number of esters is 1. The fourth-order valence-electron chi connectivity index (χ4n) is 8.85. The molecular weight excluding hydrogens is 358 g/mol. The largest absolute Gasteiger partial charge is 0.457 e. The summed E-state index contributed by atoms with van der Waals surface area (Å²) in [7, 11) is 2.29. The number of ether oxygens (including phenoxy) is 1. The van der Waals surface area contributed by atoms with Gasteiger partial charge in [0, 0.05) is 10.8 Å². The first-order valence-corrected chi connectivity index (χ1v) is 12.0. The third-order valence-electron chi connectivity index (χ3n) is 9.86. The van der Waals surface area contributed by atoms with E-state index in [4.69, 9.17) is 4.74 Å². The molecule has 1 spiro atoms. The lowest BCUT2D eigenvalue weighted by Crippen LogP contribution is -2.68. The number of fused-ring (bicyclic) bond motifs is 2. The van der Waals surface area contributed by atoms with Gasteiger partial charge in [-0.25, -0.2) is 4.58 Å². The predicted molar refractivity (Wildman–Crippen MR) is 116 cm³/mol. The standard InChI is InChI=1S/C26H40NO2/c1-17-18-8-12-25(21(17)29-22(28)23(2,3)4)13-9-19-24(5)10-7-11-26(19,20(25)14-18)16-27(6)15-24/h16,18-21H,1,7-15H2,2-6H3/q+1/t18-,19-,20-,21+,24-,25-,26-/m1/s1. The third kappa shape index (κ3) is 2.54. The number of hydrogen-bond acceptors (Lipinski definition) is 2. The van der Waals surface area contributed by atoms with Crippen LogP contribution in [0.1, 0.15) is 79.1 Å². The number of carbonyl (C=O) groups excluding carboxylic acids is 1. The Bertz CT molecular complexity index is 791. The Morgan fingerprint density at radius 2 is 1.90 bits per heavy atom. The Hall–Kier alpha value is -1.12. The molecule has 6 rings (SSSR count). The molecule has 0 saturated heterocycles. The first kappa shape index (κ1) is 19.8. The number of hydrogen-bond donors (Lipinski definition) is 0. The van der Waals surface area contributed by atoms with Crippen LogP contribution in [0, 0.1) is 39.4 Å². The van der Waals surface area contributed by atoms with Gasteiger partial charge in [-0.05, 0) is 89.0 Å². The molecule has 1 heterocycles. The van der Waals surface area contributed by atoms with Gasteiger partial charge in [0.15, 0.2) is 0 Å². The smallest absolute Gasteiger partial charge is 0.311 e. The van der Waals surface area contributed by atoms with E-state index >= 15 is 0 Å². The van der Waals surface area contributed by atoms with E-state index < -0.39 is 5.41 Å². The minimum Gasteiger partial charge on any atom is -0.457 e. The predicted octanol–water partition coefficient (Wildman–Crippen LogP) is 5.23. The second-order valence-corrected chi connectivity index (χ2v) is 12.6. The van der Waals surface area contributed by atoms with Gasteiger partial charge < -0.3 is 4.74 Å². The van der Waals surface area contributed by atoms with Crippen LogP contribution in [0.25, 0.3) is 0 Å². The zero-order chi connectivity index (χ0) is 20.8. The van der Waals surface area contributed by atoms with Crippen molar-refractivity contribution in [2.45, 2.75) is 85.2 Å². The average molecular weight is 399 g/mol. The second kappa shape index (κ2) is 5.98. The normalized spacial score (nSPS) is 48.4. The van der Waals surface area contributed by atoms with Gasteiger partial charge in [-0.15, -0.1) is 0 Å². The summed E-state index contributed by atoms with van der Waals surface area (Å²) in [5, 5.41) is 0. The Kier molecular flexibility index (Phi) is 4.09. The lowest BCUT2D eigenvalue weighted by Gasteiger charge is -2.69. The lowest BCUT2D eigenvalue weighted by molar-refractivity contribution is -0.531. The van der Waals surface area contributed by atoms with E-state index in [0.29, 0.717) is 22.7 Å². The minimum atomic E-state index is -0.459. The average Bonchev–Trinajstić information content (AvgIpc) is 2.62. The Morgan fingerprint density at radius 1 is 1.17 bits per heavy atom. The van der Waals surface area contributed by atoms with Crippen molar-refractivity contribution >= 4 is 12.2 Å². The first-order valence-electron chi connectivity index (χ1n) is 12.0. The van der Waals surface area contributed by atoms with Crippen molar-refractivity contribution in [3.8, 4) is 0 Å². The van der Waals surface area contributed by atoms with Crippen molar-refractivity contribution in [2.24, 2.45) is 39.4 Å². The van der Waals surface area contributed by atoms with Crippen molar-refractivity contribution in [2.75, 3.05) is 13.6 Å². The van der Waals surface area contributed by atoms with Crippen molar-refractivity contribution in [1.29, 1.82) is 0 Å². The van der Waals surface area contributed by atoms with Gasteiger partial charge in [0.1, 0.15) is 25.9 Å². The summed E-state index contributed by atoms with van der Waals surface area (Å²) in [5.41, 5.74) is 1.61. The molecule has 1 aliphatic heterocycles. The molecule has 0 aromatic heterocycles. The van der Waals surface area contributed by atoms with Crippen LogP contribution in [0.3, 0.4) is 0 Å². The van der Waals surface area contributed by atoms with Crippen LogP contribution >= 0.6 is 0 Å². The Morgan fingerprint density at radius 3 is 2.62 bits per heavy atom. The monoisotopic (exact) mass is 398 g/mol. The SMILES string of the molecule is C=C1[C@@H]2CC[C@]3(CC[C@@H]4[C@]5(C)CCC[C@]4(C=[N+](C)C5)[C@@H]3C2)[C@H]1OC(=O)C(C)(C)C. The molecule has 6 aliphatic rings. The summed E-state index contributed by atoms with van der Waals surface area (Å²) < 4.78 is 8.88. The highest BCUT2D eigenvalue weighted by atomic mass is 16.5. The molecule has 5 aliphatic carbocycles. The third-order valence-corrected chi connectivity index (χ3v) is 9.86. The molecule has 0 N–H and O–H groups in total. The highest BCUT2D eigenvalue weighted by molar-refractivity contribution is 5.76. The van der Waals surface area contributed by atoms with E-state index in [9.17, 15) is 4.79 Å². The molecule has 0 radical (unpaired) electrons. The molecule has 3 nitrogen and oxygen atoms in total. The summed E-state index contributed by atoms with van der Waals surface area (Å²) in [6.07, 6.45) is 12.8. The molecule has 5 saturated carbocycles. The van der Waals surface area contributed by atoms with E-state index in [1.807, 2.05) is 20.8 Å². The van der Waals surface area contributed by atoms with E-state index in [1.54, 1.807) is 0 Å². The molecular formula is C26H40NO2+. The van der Waals surface area contributed by atoms with Crippen LogP contribution in [-0.4, -0.2) is 36.5 Å². The quantitative estimate of drug-likeness (QED) is 0.344. The van der Waals surface area contributed by atoms with Crippen LogP contribution in [0.15, 0.2) is 12.2 Å². The van der Waals surface area contributed by atoms with E-state index in [2.05, 4.69) is 31.3 Å². The van der Waals surface area contributed by atoms with Crippen LogP contribution in [0.4, 0.5) is 0 Å². The van der Waals surface area contributed by atoms with Gasteiger partial charge in [0.25, 0.3) is 0 Å². The summed E-state index contributed by atoms with van der Waals surface area (Å²) in [6.45, 7) is 14.2. The van der Waals surface area contributed by atoms with E-state index in [1.165, 1.54) is 63.5 Å². The van der Waals surface area contributed by atoms with E-state index in [0.717, 1.165) is 5.92 Å². The number of nitrogens with zero attached hydrogens (tertiary/aromatic N) is 1. The van der Waals surface area contributed by atoms with Gasteiger partial charge in [0.2, 0.25) is 0 Å². The molecule has 160 valence electrons. The Labute approximate surface area is 177 Å². The summed E-state index contributed by atoms with van der Waals surface area (Å²) >= 11 is 0. The van der Waals surface area contributed by atoms with Gasteiger partial charge >= 0.3 is 5.97 Å². The van der Waals surface area contributed by atoms with Crippen LogP contribution in [0.2, 0.25) is 0 Å². The molecule has 0 unspecified atom stereocenters. The minimum absolute atomic E-state index is 0.0535. The van der Waals surface area contributed by atoms with Crippen LogP contribution in [-0.2, 0) is 9.53 Å². The first-order chi connectivity index (χ1) is 13.5. The molecule has 29 heavy (non-hydrogen) atoms. The molecule has 0 aromatic rings. The Balaban J connectivity index is 1.59. The molecule has 3 heteroatoms.